The van der Waals surface area contributed by atoms with E-state index >= 15 is 0 Å². The van der Waals surface area contributed by atoms with Gasteiger partial charge in [-0.3, -0.25) is 0 Å². The van der Waals surface area contributed by atoms with Crippen LogP contribution in [0, 0.1) is 0 Å². The smallest absolute Gasteiger partial charge is 0.118 e. The third-order valence-electron chi connectivity index (χ3n) is 3.99. The highest BCUT2D eigenvalue weighted by Crippen LogP contribution is 2.30. The fourth-order valence-corrected chi connectivity index (χ4v) is 2.72. The molecule has 0 bridgehead atoms. The average molecular weight is 296 g/mol. The van der Waals surface area contributed by atoms with E-state index in [0.29, 0.717) is 5.92 Å². The summed E-state index contributed by atoms with van der Waals surface area (Å²) in [5, 5.41) is 0. The quantitative estimate of drug-likeness (QED) is 0.720. The van der Waals surface area contributed by atoms with Crippen LogP contribution < -0.4 is 9.47 Å². The minimum atomic E-state index is 0.424. The van der Waals surface area contributed by atoms with Crippen molar-refractivity contribution in [2.45, 2.75) is 26.2 Å². The third kappa shape index (κ3) is 3.91. The maximum atomic E-state index is 5.23. The van der Waals surface area contributed by atoms with Crippen LogP contribution in [0.3, 0.4) is 0 Å². The van der Waals surface area contributed by atoms with Gasteiger partial charge in [0.05, 0.1) is 14.2 Å². The Labute approximate surface area is 133 Å². The van der Waals surface area contributed by atoms with Gasteiger partial charge in [0.2, 0.25) is 0 Å². The molecule has 0 heterocycles. The molecule has 0 saturated heterocycles. The summed E-state index contributed by atoms with van der Waals surface area (Å²) < 4.78 is 10.4. The van der Waals surface area contributed by atoms with Gasteiger partial charge in [-0.05, 0) is 48.7 Å². The Morgan fingerprint density at radius 2 is 1.41 bits per heavy atom. The van der Waals surface area contributed by atoms with Gasteiger partial charge >= 0.3 is 0 Å². The fraction of sp³-hybridized carbons (Fsp3) is 0.300. The van der Waals surface area contributed by atoms with Crippen LogP contribution in [0.25, 0.3) is 6.08 Å². The van der Waals surface area contributed by atoms with E-state index in [1.165, 1.54) is 16.7 Å². The molecular formula is C20H24O2. The minimum absolute atomic E-state index is 0.424. The van der Waals surface area contributed by atoms with E-state index in [1.807, 2.05) is 24.3 Å². The van der Waals surface area contributed by atoms with E-state index in [0.717, 1.165) is 17.9 Å². The van der Waals surface area contributed by atoms with Crippen LogP contribution in [0.1, 0.15) is 37.3 Å². The predicted octanol–water partition coefficient (Wildman–Crippen LogP) is 5.30. The minimum Gasteiger partial charge on any atom is -0.497 e. The largest absolute Gasteiger partial charge is 0.497 e. The zero-order valence-corrected chi connectivity index (χ0v) is 13.8. The van der Waals surface area contributed by atoms with Crippen molar-refractivity contribution in [2.75, 3.05) is 14.2 Å². The van der Waals surface area contributed by atoms with Crippen molar-refractivity contribution in [1.82, 2.24) is 0 Å². The molecule has 0 amide bonds. The summed E-state index contributed by atoms with van der Waals surface area (Å²) in [7, 11) is 3.38. The number of allylic oxidation sites excluding steroid dienone is 1. The Bertz CT molecular complexity index is 609. The summed E-state index contributed by atoms with van der Waals surface area (Å²) in [6, 6.07) is 16.5. The van der Waals surface area contributed by atoms with Crippen LogP contribution in [0.4, 0.5) is 0 Å². The van der Waals surface area contributed by atoms with Crippen LogP contribution in [0.15, 0.2) is 54.1 Å². The first-order valence-corrected chi connectivity index (χ1v) is 7.64. The Kier molecular flexibility index (Phi) is 5.65. The van der Waals surface area contributed by atoms with Crippen molar-refractivity contribution < 1.29 is 9.47 Å². The van der Waals surface area contributed by atoms with Crippen LogP contribution in [-0.2, 0) is 0 Å². The highest BCUT2D eigenvalue weighted by atomic mass is 16.5. The zero-order chi connectivity index (χ0) is 15.9. The van der Waals surface area contributed by atoms with Gasteiger partial charge in [-0.15, -0.1) is 0 Å². The molecule has 0 radical (unpaired) electrons. The number of hydrogen-bond donors (Lipinski definition) is 0. The van der Waals surface area contributed by atoms with Gasteiger partial charge in [0.1, 0.15) is 11.5 Å². The third-order valence-corrected chi connectivity index (χ3v) is 3.99. The van der Waals surface area contributed by atoms with E-state index in [4.69, 9.17) is 9.47 Å². The molecule has 1 atom stereocenters. The van der Waals surface area contributed by atoms with Crippen molar-refractivity contribution in [3.63, 3.8) is 0 Å². The molecule has 2 aromatic carbocycles. The number of ether oxygens (including phenoxy) is 2. The molecule has 0 N–H and O–H groups in total. The first-order valence-electron chi connectivity index (χ1n) is 7.64. The molecule has 0 fully saturated rings. The highest BCUT2D eigenvalue weighted by Gasteiger charge is 2.11. The van der Waals surface area contributed by atoms with Gasteiger partial charge in [0, 0.05) is 5.92 Å². The molecule has 0 spiro atoms. The van der Waals surface area contributed by atoms with E-state index in [2.05, 4.69) is 44.2 Å². The lowest BCUT2D eigenvalue weighted by atomic mass is 9.88. The maximum Gasteiger partial charge on any atom is 0.118 e. The summed E-state index contributed by atoms with van der Waals surface area (Å²) in [5.74, 6) is 2.21. The Balaban J connectivity index is 2.22. The first kappa shape index (κ1) is 16.2. The molecule has 0 aromatic heterocycles. The van der Waals surface area contributed by atoms with Crippen LogP contribution in [-0.4, -0.2) is 14.2 Å². The van der Waals surface area contributed by atoms with Crippen molar-refractivity contribution >= 4 is 6.08 Å². The van der Waals surface area contributed by atoms with Gasteiger partial charge in [0.15, 0.2) is 0 Å². The second-order valence-corrected chi connectivity index (χ2v) is 5.40. The standard InChI is InChI=1S/C20H24O2/c1-5-20(17-8-12-19(22-4)13-9-17)15(2)14-16-6-10-18(21-3)11-7-16/h6-14,20H,5H2,1-4H3/b15-14+. The summed E-state index contributed by atoms with van der Waals surface area (Å²) >= 11 is 0. The summed E-state index contributed by atoms with van der Waals surface area (Å²) in [6.07, 6.45) is 3.32. The van der Waals surface area contributed by atoms with Gasteiger partial charge in [-0.25, -0.2) is 0 Å². The van der Waals surface area contributed by atoms with Crippen LogP contribution in [0.5, 0.6) is 11.5 Å². The molecular weight excluding hydrogens is 272 g/mol. The van der Waals surface area contributed by atoms with Gasteiger partial charge in [-0.2, -0.15) is 0 Å². The Hall–Kier alpha value is -2.22. The summed E-state index contributed by atoms with van der Waals surface area (Å²) in [6.45, 7) is 4.42. The molecule has 116 valence electrons. The van der Waals surface area contributed by atoms with E-state index in [-0.39, 0.29) is 0 Å². The van der Waals surface area contributed by atoms with Crippen LogP contribution >= 0.6 is 0 Å². The second kappa shape index (κ2) is 7.69. The summed E-state index contributed by atoms with van der Waals surface area (Å²) in [5.41, 5.74) is 3.88. The molecule has 2 heteroatoms. The van der Waals surface area contributed by atoms with Crippen molar-refractivity contribution in [3.05, 3.63) is 65.2 Å². The highest BCUT2D eigenvalue weighted by molar-refractivity contribution is 5.56. The van der Waals surface area contributed by atoms with Gasteiger partial charge in [0.25, 0.3) is 0 Å². The molecule has 2 aromatic rings. The van der Waals surface area contributed by atoms with Crippen molar-refractivity contribution in [3.8, 4) is 11.5 Å². The number of rotatable bonds is 6. The lowest BCUT2D eigenvalue weighted by Crippen LogP contribution is -1.99. The molecule has 0 saturated carbocycles. The Morgan fingerprint density at radius 3 is 1.86 bits per heavy atom. The lowest BCUT2D eigenvalue weighted by Gasteiger charge is -2.17. The second-order valence-electron chi connectivity index (χ2n) is 5.40. The zero-order valence-electron chi connectivity index (χ0n) is 13.8. The van der Waals surface area contributed by atoms with Gasteiger partial charge in [-0.1, -0.05) is 42.8 Å². The average Bonchev–Trinajstić information content (AvgIpc) is 2.57. The molecule has 1 unspecified atom stereocenters. The first-order chi connectivity index (χ1) is 10.7. The number of hydrogen-bond acceptors (Lipinski definition) is 2. The molecule has 2 nitrogen and oxygen atoms in total. The van der Waals surface area contributed by atoms with Crippen molar-refractivity contribution in [1.29, 1.82) is 0 Å². The normalized spacial score (nSPS) is 12.8. The topological polar surface area (TPSA) is 18.5 Å². The van der Waals surface area contributed by atoms with Gasteiger partial charge < -0.3 is 9.47 Å². The Morgan fingerprint density at radius 1 is 0.909 bits per heavy atom. The number of methoxy groups -OCH3 is 2. The molecule has 0 aliphatic rings. The number of benzene rings is 2. The summed E-state index contributed by atoms with van der Waals surface area (Å²) in [4.78, 5) is 0. The lowest BCUT2D eigenvalue weighted by molar-refractivity contribution is 0.414. The van der Waals surface area contributed by atoms with Crippen molar-refractivity contribution in [2.24, 2.45) is 0 Å². The molecule has 0 aliphatic heterocycles. The van der Waals surface area contributed by atoms with E-state index in [9.17, 15) is 0 Å². The SMILES string of the molecule is CCC(/C(C)=C/c1ccc(OC)cc1)c1ccc(OC)cc1. The van der Waals surface area contributed by atoms with E-state index < -0.39 is 0 Å². The fourth-order valence-electron chi connectivity index (χ4n) is 2.72. The monoisotopic (exact) mass is 296 g/mol. The predicted molar refractivity (Wildman–Crippen MR) is 92.7 cm³/mol. The van der Waals surface area contributed by atoms with E-state index in [1.54, 1.807) is 14.2 Å². The molecule has 22 heavy (non-hydrogen) atoms. The van der Waals surface area contributed by atoms with Crippen LogP contribution in [0.2, 0.25) is 0 Å². The molecule has 2 rings (SSSR count). The molecule has 0 aliphatic carbocycles. The maximum absolute atomic E-state index is 5.23.